The van der Waals surface area contributed by atoms with Crippen LogP contribution in [0.15, 0.2) is 17.5 Å². The van der Waals surface area contributed by atoms with Gasteiger partial charge in [0, 0.05) is 17.5 Å². The molecule has 0 bridgehead atoms. The van der Waals surface area contributed by atoms with Gasteiger partial charge in [0.05, 0.1) is 0 Å². The molecule has 0 radical (unpaired) electrons. The Morgan fingerprint density at radius 1 is 1.29 bits per heavy atom. The Balaban J connectivity index is 1.47. The summed E-state index contributed by atoms with van der Waals surface area (Å²) in [5.74, 6) is 0.942. The summed E-state index contributed by atoms with van der Waals surface area (Å²) in [4.78, 5) is 4.14. The second-order valence-corrected chi connectivity index (χ2v) is 6.43. The lowest BCUT2D eigenvalue weighted by Crippen LogP contribution is -2.40. The predicted octanol–water partition coefficient (Wildman–Crippen LogP) is 2.71. The van der Waals surface area contributed by atoms with Crippen molar-refractivity contribution in [3.8, 4) is 0 Å². The fourth-order valence-electron chi connectivity index (χ4n) is 3.25. The van der Waals surface area contributed by atoms with Crippen LogP contribution in [-0.2, 0) is 6.54 Å². The molecule has 0 spiro atoms. The van der Waals surface area contributed by atoms with Gasteiger partial charge in [0.1, 0.15) is 0 Å². The minimum atomic E-state index is 0.832. The van der Waals surface area contributed by atoms with E-state index < -0.39 is 0 Å². The van der Waals surface area contributed by atoms with Gasteiger partial charge in [-0.15, -0.1) is 11.3 Å². The van der Waals surface area contributed by atoms with Crippen LogP contribution in [0.2, 0.25) is 0 Å². The number of hydrogen-bond donors (Lipinski definition) is 1. The van der Waals surface area contributed by atoms with Crippen molar-refractivity contribution >= 4 is 11.3 Å². The first-order valence-electron chi connectivity index (χ1n) is 6.90. The highest BCUT2D eigenvalue weighted by molar-refractivity contribution is 7.09. The number of hydrogen-bond acceptors (Lipinski definition) is 3. The van der Waals surface area contributed by atoms with Gasteiger partial charge in [-0.05, 0) is 62.7 Å². The summed E-state index contributed by atoms with van der Waals surface area (Å²) in [5, 5.41) is 5.86. The molecule has 2 aliphatic rings. The largest absolute Gasteiger partial charge is 0.314 e. The fraction of sp³-hybridized carbons (Fsp3) is 0.714. The molecule has 0 amide bonds. The number of nitrogens with zero attached hydrogens (tertiary/aromatic N) is 1. The highest BCUT2D eigenvalue weighted by atomic mass is 32.1. The van der Waals surface area contributed by atoms with Crippen molar-refractivity contribution in [3.63, 3.8) is 0 Å². The zero-order valence-corrected chi connectivity index (χ0v) is 11.2. The molecule has 2 saturated heterocycles. The molecule has 1 aromatic heterocycles. The third-order valence-corrected chi connectivity index (χ3v) is 5.12. The molecule has 2 aliphatic heterocycles. The Bertz CT molecular complexity index is 322. The second kappa shape index (κ2) is 5.51. The lowest BCUT2D eigenvalue weighted by atomic mass is 9.88. The SMILES string of the molecule is c1csc(CN2CCC(C3CCCN3)CC2)c1. The van der Waals surface area contributed by atoms with Gasteiger partial charge in [0.2, 0.25) is 0 Å². The average molecular weight is 250 g/mol. The molecule has 0 aliphatic carbocycles. The maximum atomic E-state index is 3.67. The first kappa shape index (κ1) is 11.7. The molecule has 2 fully saturated rings. The van der Waals surface area contributed by atoms with Crippen molar-refractivity contribution in [2.24, 2.45) is 5.92 Å². The molecule has 17 heavy (non-hydrogen) atoms. The minimum absolute atomic E-state index is 0.832. The minimum Gasteiger partial charge on any atom is -0.314 e. The predicted molar refractivity (Wildman–Crippen MR) is 73.3 cm³/mol. The number of rotatable bonds is 3. The van der Waals surface area contributed by atoms with Crippen LogP contribution < -0.4 is 5.32 Å². The summed E-state index contributed by atoms with van der Waals surface area (Å²) < 4.78 is 0. The Morgan fingerprint density at radius 3 is 2.82 bits per heavy atom. The van der Waals surface area contributed by atoms with Crippen LogP contribution in [0.3, 0.4) is 0 Å². The number of thiophene rings is 1. The smallest absolute Gasteiger partial charge is 0.0327 e. The third kappa shape index (κ3) is 2.90. The van der Waals surface area contributed by atoms with Crippen molar-refractivity contribution in [1.82, 2.24) is 10.2 Å². The van der Waals surface area contributed by atoms with Gasteiger partial charge in [0.25, 0.3) is 0 Å². The van der Waals surface area contributed by atoms with Gasteiger partial charge in [-0.1, -0.05) is 6.07 Å². The molecule has 1 unspecified atom stereocenters. The van der Waals surface area contributed by atoms with E-state index in [1.807, 2.05) is 11.3 Å². The van der Waals surface area contributed by atoms with Crippen LogP contribution in [-0.4, -0.2) is 30.6 Å². The van der Waals surface area contributed by atoms with Crippen LogP contribution in [0.1, 0.15) is 30.6 Å². The molecular formula is C14H22N2S. The topological polar surface area (TPSA) is 15.3 Å². The van der Waals surface area contributed by atoms with Crippen molar-refractivity contribution in [2.75, 3.05) is 19.6 Å². The summed E-state index contributed by atoms with van der Waals surface area (Å²) in [6.45, 7) is 5.00. The van der Waals surface area contributed by atoms with E-state index in [4.69, 9.17) is 0 Å². The third-order valence-electron chi connectivity index (χ3n) is 4.26. The summed E-state index contributed by atoms with van der Waals surface area (Å²) in [5.41, 5.74) is 0. The molecule has 0 saturated carbocycles. The molecule has 3 heterocycles. The molecule has 1 aromatic rings. The van der Waals surface area contributed by atoms with Crippen LogP contribution in [0.25, 0.3) is 0 Å². The van der Waals surface area contributed by atoms with Crippen molar-refractivity contribution in [1.29, 1.82) is 0 Å². The van der Waals surface area contributed by atoms with Crippen molar-refractivity contribution in [2.45, 2.75) is 38.3 Å². The van der Waals surface area contributed by atoms with Crippen molar-refractivity contribution in [3.05, 3.63) is 22.4 Å². The Morgan fingerprint density at radius 2 is 2.18 bits per heavy atom. The fourth-order valence-corrected chi connectivity index (χ4v) is 4.00. The molecule has 0 aromatic carbocycles. The van der Waals surface area contributed by atoms with Gasteiger partial charge < -0.3 is 5.32 Å². The molecular weight excluding hydrogens is 228 g/mol. The van der Waals surface area contributed by atoms with E-state index in [9.17, 15) is 0 Å². The van der Waals surface area contributed by atoms with Gasteiger partial charge >= 0.3 is 0 Å². The van der Waals surface area contributed by atoms with E-state index in [1.54, 1.807) is 0 Å². The van der Waals surface area contributed by atoms with Crippen LogP contribution >= 0.6 is 11.3 Å². The monoisotopic (exact) mass is 250 g/mol. The Kier molecular flexibility index (Phi) is 3.79. The molecule has 2 nitrogen and oxygen atoms in total. The molecule has 3 heteroatoms. The maximum absolute atomic E-state index is 3.67. The normalized spacial score (nSPS) is 27.6. The molecule has 1 atom stereocenters. The maximum Gasteiger partial charge on any atom is 0.0327 e. The molecule has 1 N–H and O–H groups in total. The number of nitrogens with one attached hydrogen (secondary N) is 1. The quantitative estimate of drug-likeness (QED) is 0.887. The first-order valence-corrected chi connectivity index (χ1v) is 7.78. The van der Waals surface area contributed by atoms with E-state index in [1.165, 1.54) is 56.7 Å². The molecule has 3 rings (SSSR count). The van der Waals surface area contributed by atoms with Gasteiger partial charge in [0.15, 0.2) is 0 Å². The van der Waals surface area contributed by atoms with Crippen LogP contribution in [0.5, 0.6) is 0 Å². The zero-order chi connectivity index (χ0) is 11.5. The van der Waals surface area contributed by atoms with E-state index in [2.05, 4.69) is 27.7 Å². The summed E-state index contributed by atoms with van der Waals surface area (Å²) in [6, 6.07) is 5.25. The lowest BCUT2D eigenvalue weighted by molar-refractivity contribution is 0.158. The van der Waals surface area contributed by atoms with E-state index in [0.29, 0.717) is 0 Å². The van der Waals surface area contributed by atoms with E-state index in [0.717, 1.165) is 12.0 Å². The summed E-state index contributed by atoms with van der Waals surface area (Å²) in [7, 11) is 0. The van der Waals surface area contributed by atoms with Crippen LogP contribution in [0.4, 0.5) is 0 Å². The van der Waals surface area contributed by atoms with Gasteiger partial charge in [-0.3, -0.25) is 4.90 Å². The van der Waals surface area contributed by atoms with Gasteiger partial charge in [-0.2, -0.15) is 0 Å². The number of likely N-dealkylation sites (tertiary alicyclic amines) is 1. The first-order chi connectivity index (χ1) is 8.42. The van der Waals surface area contributed by atoms with E-state index in [-0.39, 0.29) is 0 Å². The van der Waals surface area contributed by atoms with E-state index >= 15 is 0 Å². The summed E-state index contributed by atoms with van der Waals surface area (Å²) >= 11 is 1.89. The highest BCUT2D eigenvalue weighted by Crippen LogP contribution is 2.26. The lowest BCUT2D eigenvalue weighted by Gasteiger charge is -2.34. The second-order valence-electron chi connectivity index (χ2n) is 5.40. The van der Waals surface area contributed by atoms with Gasteiger partial charge in [-0.25, -0.2) is 0 Å². The van der Waals surface area contributed by atoms with Crippen LogP contribution in [0, 0.1) is 5.92 Å². The zero-order valence-electron chi connectivity index (χ0n) is 10.4. The Hall–Kier alpha value is -0.380. The standard InChI is InChI=1S/C14H22N2S/c1-4-14(15-7-1)12-5-8-16(9-6-12)11-13-3-2-10-17-13/h2-3,10,12,14-15H,1,4-9,11H2. The Labute approximate surface area is 108 Å². The summed E-state index contributed by atoms with van der Waals surface area (Å²) in [6.07, 6.45) is 5.59. The highest BCUT2D eigenvalue weighted by Gasteiger charge is 2.28. The molecule has 94 valence electrons. The average Bonchev–Trinajstić information content (AvgIpc) is 3.01. The number of piperidine rings is 1. The van der Waals surface area contributed by atoms with Crippen molar-refractivity contribution < 1.29 is 0 Å².